The quantitative estimate of drug-likeness (QED) is 0.584. The number of benzene rings is 2. The van der Waals surface area contributed by atoms with Crippen molar-refractivity contribution in [1.29, 1.82) is 10.5 Å². The average molecular weight is 421 g/mol. The van der Waals surface area contributed by atoms with Crippen LogP contribution in [0.4, 0.5) is 0 Å². The van der Waals surface area contributed by atoms with E-state index in [1.165, 1.54) is 0 Å². The molecule has 7 heteroatoms. The Morgan fingerprint density at radius 3 is 2.10 bits per heavy atom. The van der Waals surface area contributed by atoms with Crippen molar-refractivity contribution < 1.29 is 14.2 Å². The van der Waals surface area contributed by atoms with E-state index < -0.39 is 0 Å². The zero-order valence-electron chi connectivity index (χ0n) is 17.9. The van der Waals surface area contributed by atoms with Crippen LogP contribution < -0.4 is 9.47 Å². The Bertz CT molecular complexity index is 858. The zero-order chi connectivity index (χ0) is 21.9. The largest absolute Gasteiger partial charge is 0.492 e. The van der Waals surface area contributed by atoms with E-state index in [-0.39, 0.29) is 6.10 Å². The number of rotatable bonds is 10. The molecule has 7 nitrogen and oxygen atoms in total. The van der Waals surface area contributed by atoms with E-state index in [0.29, 0.717) is 48.9 Å². The van der Waals surface area contributed by atoms with Crippen LogP contribution in [0.5, 0.6) is 11.5 Å². The van der Waals surface area contributed by atoms with Gasteiger partial charge in [0, 0.05) is 32.7 Å². The van der Waals surface area contributed by atoms with Crippen LogP contribution in [0, 0.1) is 22.7 Å². The van der Waals surface area contributed by atoms with Gasteiger partial charge in [-0.25, -0.2) is 0 Å². The predicted octanol–water partition coefficient (Wildman–Crippen LogP) is 2.52. The minimum atomic E-state index is 0.141. The Balaban J connectivity index is 1.53. The van der Waals surface area contributed by atoms with Gasteiger partial charge >= 0.3 is 0 Å². The molecular formula is C24H28N4O3. The number of likely N-dealkylation sites (N-methyl/N-ethyl adjacent to an activating group) is 1. The van der Waals surface area contributed by atoms with Gasteiger partial charge in [0.05, 0.1) is 36.0 Å². The van der Waals surface area contributed by atoms with E-state index >= 15 is 0 Å². The molecule has 2 aromatic rings. The Kier molecular flexibility index (Phi) is 8.69. The summed E-state index contributed by atoms with van der Waals surface area (Å²) >= 11 is 0. The third kappa shape index (κ3) is 7.58. The molecule has 0 saturated carbocycles. The lowest BCUT2D eigenvalue weighted by Gasteiger charge is -2.33. The van der Waals surface area contributed by atoms with Crippen LogP contribution in [0.1, 0.15) is 11.1 Å². The van der Waals surface area contributed by atoms with E-state index in [1.54, 1.807) is 24.3 Å². The summed E-state index contributed by atoms with van der Waals surface area (Å²) in [7, 11) is 2.11. The highest BCUT2D eigenvalue weighted by molar-refractivity contribution is 5.36. The Labute approximate surface area is 184 Å². The molecule has 1 aliphatic rings. The first-order chi connectivity index (χ1) is 15.2. The molecule has 0 aliphatic carbocycles. The van der Waals surface area contributed by atoms with Crippen LogP contribution in [0.15, 0.2) is 48.5 Å². The fourth-order valence-electron chi connectivity index (χ4n) is 3.46. The van der Waals surface area contributed by atoms with E-state index in [4.69, 9.17) is 24.7 Å². The summed E-state index contributed by atoms with van der Waals surface area (Å²) < 4.78 is 17.7. The monoisotopic (exact) mass is 420 g/mol. The van der Waals surface area contributed by atoms with E-state index in [2.05, 4.69) is 29.0 Å². The average Bonchev–Trinajstić information content (AvgIpc) is 2.79. The number of hydrogen-bond donors (Lipinski definition) is 0. The summed E-state index contributed by atoms with van der Waals surface area (Å²) in [4.78, 5) is 4.55. The van der Waals surface area contributed by atoms with Crippen LogP contribution in [0.3, 0.4) is 0 Å². The first kappa shape index (κ1) is 22.6. The van der Waals surface area contributed by atoms with E-state index in [0.717, 1.165) is 26.2 Å². The van der Waals surface area contributed by atoms with Crippen LogP contribution in [0.2, 0.25) is 0 Å². The lowest BCUT2D eigenvalue weighted by Crippen LogP contribution is -2.47. The van der Waals surface area contributed by atoms with Gasteiger partial charge in [-0.1, -0.05) is 12.1 Å². The van der Waals surface area contributed by atoms with Crippen molar-refractivity contribution in [1.82, 2.24) is 9.80 Å². The van der Waals surface area contributed by atoms with Crippen molar-refractivity contribution in [3.8, 4) is 23.6 Å². The van der Waals surface area contributed by atoms with Crippen molar-refractivity contribution in [2.75, 3.05) is 59.6 Å². The highest BCUT2D eigenvalue weighted by Gasteiger charge is 2.20. The molecule has 1 heterocycles. The summed E-state index contributed by atoms with van der Waals surface area (Å²) in [5, 5.41) is 18.1. The fourth-order valence-corrected chi connectivity index (χ4v) is 3.46. The van der Waals surface area contributed by atoms with Gasteiger partial charge < -0.3 is 19.1 Å². The van der Waals surface area contributed by atoms with Crippen LogP contribution in [-0.2, 0) is 4.74 Å². The van der Waals surface area contributed by atoms with Gasteiger partial charge in [-0.3, -0.25) is 4.90 Å². The maximum Gasteiger partial charge on any atom is 0.120 e. The molecule has 1 aliphatic heterocycles. The molecule has 162 valence electrons. The molecule has 0 N–H and O–H groups in total. The lowest BCUT2D eigenvalue weighted by atomic mass is 10.2. The molecule has 3 rings (SSSR count). The molecule has 0 spiro atoms. The number of nitrogens with zero attached hydrogens (tertiary/aromatic N) is 4. The van der Waals surface area contributed by atoms with E-state index in [1.807, 2.05) is 24.3 Å². The van der Waals surface area contributed by atoms with Gasteiger partial charge in [0.2, 0.25) is 0 Å². The van der Waals surface area contributed by atoms with Crippen LogP contribution in [0.25, 0.3) is 0 Å². The number of nitriles is 2. The molecule has 0 amide bonds. The minimum absolute atomic E-state index is 0.141. The second-order valence-corrected chi connectivity index (χ2v) is 7.53. The van der Waals surface area contributed by atoms with Crippen LogP contribution >= 0.6 is 0 Å². The van der Waals surface area contributed by atoms with Gasteiger partial charge in [-0.2, -0.15) is 10.5 Å². The van der Waals surface area contributed by atoms with Crippen molar-refractivity contribution in [3.63, 3.8) is 0 Å². The minimum Gasteiger partial charge on any atom is -0.492 e. The fraction of sp³-hybridized carbons (Fsp3) is 0.417. The molecule has 1 saturated heterocycles. The molecular weight excluding hydrogens is 392 g/mol. The van der Waals surface area contributed by atoms with Gasteiger partial charge in [-0.15, -0.1) is 0 Å². The number of hydrogen-bond acceptors (Lipinski definition) is 7. The van der Waals surface area contributed by atoms with Crippen molar-refractivity contribution in [2.45, 2.75) is 6.10 Å². The van der Waals surface area contributed by atoms with Crippen molar-refractivity contribution >= 4 is 0 Å². The predicted molar refractivity (Wildman–Crippen MR) is 117 cm³/mol. The highest BCUT2D eigenvalue weighted by atomic mass is 16.5. The number of morpholine rings is 1. The van der Waals surface area contributed by atoms with Gasteiger partial charge in [0.1, 0.15) is 24.7 Å². The van der Waals surface area contributed by atoms with Gasteiger partial charge in [0.15, 0.2) is 0 Å². The summed E-state index contributed by atoms with van der Waals surface area (Å²) in [5.41, 5.74) is 1.17. The number of ether oxygens (including phenoxy) is 3. The molecule has 0 aromatic heterocycles. The van der Waals surface area contributed by atoms with Crippen LogP contribution in [-0.4, -0.2) is 75.5 Å². The second kappa shape index (κ2) is 11.9. The van der Waals surface area contributed by atoms with E-state index in [9.17, 15) is 0 Å². The summed E-state index contributed by atoms with van der Waals surface area (Å²) in [5.74, 6) is 1.38. The maximum atomic E-state index is 9.04. The third-order valence-electron chi connectivity index (χ3n) is 5.08. The van der Waals surface area contributed by atoms with Crippen molar-refractivity contribution in [3.05, 3.63) is 59.7 Å². The Hall–Kier alpha value is -3.10. The summed E-state index contributed by atoms with van der Waals surface area (Å²) in [6, 6.07) is 18.6. The SMILES string of the molecule is CN1CCO[C@@H](CN(CCOc2cccc(C#N)c2)CCOc2cccc(C#N)c2)C1. The molecule has 0 unspecified atom stereocenters. The lowest BCUT2D eigenvalue weighted by molar-refractivity contribution is -0.0378. The van der Waals surface area contributed by atoms with Crippen molar-refractivity contribution in [2.24, 2.45) is 0 Å². The summed E-state index contributed by atoms with van der Waals surface area (Å²) in [6.45, 7) is 5.80. The molecule has 1 atom stereocenters. The standard InChI is InChI=1S/C24H28N4O3/c1-27-8-11-31-24(18-27)19-28(9-12-29-22-6-2-4-20(14-22)16-25)10-13-30-23-7-3-5-21(15-23)17-26/h2-7,14-15,24H,8-13,18-19H2,1H3/t24-/m1/s1. The molecule has 1 fully saturated rings. The maximum absolute atomic E-state index is 9.04. The topological polar surface area (TPSA) is 81.8 Å². The summed E-state index contributed by atoms with van der Waals surface area (Å²) in [6.07, 6.45) is 0.141. The molecule has 31 heavy (non-hydrogen) atoms. The molecule has 0 bridgehead atoms. The Morgan fingerprint density at radius 2 is 1.58 bits per heavy atom. The smallest absolute Gasteiger partial charge is 0.120 e. The molecule has 0 radical (unpaired) electrons. The normalized spacial score (nSPS) is 16.5. The zero-order valence-corrected chi connectivity index (χ0v) is 17.9. The second-order valence-electron chi connectivity index (χ2n) is 7.53. The first-order valence-corrected chi connectivity index (χ1v) is 10.4. The Morgan fingerprint density at radius 1 is 1.00 bits per heavy atom. The van der Waals surface area contributed by atoms with Gasteiger partial charge in [0.25, 0.3) is 0 Å². The van der Waals surface area contributed by atoms with Gasteiger partial charge in [-0.05, 0) is 43.4 Å². The highest BCUT2D eigenvalue weighted by Crippen LogP contribution is 2.14. The first-order valence-electron chi connectivity index (χ1n) is 10.4. The molecule has 2 aromatic carbocycles. The third-order valence-corrected chi connectivity index (χ3v) is 5.08.